The summed E-state index contributed by atoms with van der Waals surface area (Å²) in [4.78, 5) is 14.0. The topological polar surface area (TPSA) is 40.5 Å². The third kappa shape index (κ3) is 2.51. The second-order valence-electron chi connectivity index (χ2n) is 3.93. The number of hydrogen-bond donors (Lipinski definition) is 1. The van der Waals surface area contributed by atoms with Crippen molar-refractivity contribution in [2.24, 2.45) is 0 Å². The van der Waals surface area contributed by atoms with E-state index in [1.807, 2.05) is 37.3 Å². The van der Waals surface area contributed by atoms with Crippen LogP contribution in [0.1, 0.15) is 17.3 Å². The molecule has 2 aromatic rings. The standard InChI is InChI=1S/C15H15NO2/c1-2-16(13-6-4-3-5-7-13)15(18)12-8-10-14(17)11-9-12/h3-11,17H,2H2,1H3. The molecule has 3 nitrogen and oxygen atoms in total. The second-order valence-corrected chi connectivity index (χ2v) is 3.93. The number of aromatic hydroxyl groups is 1. The third-order valence-corrected chi connectivity index (χ3v) is 2.74. The lowest BCUT2D eigenvalue weighted by atomic mass is 10.1. The lowest BCUT2D eigenvalue weighted by molar-refractivity contribution is 0.0988. The molecule has 1 amide bonds. The molecule has 0 aliphatic carbocycles. The Labute approximate surface area is 106 Å². The molecule has 0 aliphatic rings. The maximum Gasteiger partial charge on any atom is 0.258 e. The molecule has 0 saturated heterocycles. The van der Waals surface area contributed by atoms with Crippen LogP contribution in [-0.2, 0) is 0 Å². The molecule has 1 N–H and O–H groups in total. The molecule has 2 aromatic carbocycles. The highest BCUT2D eigenvalue weighted by Crippen LogP contribution is 2.18. The molecule has 0 fully saturated rings. The number of carbonyl (C=O) groups is 1. The van der Waals surface area contributed by atoms with Crippen molar-refractivity contribution in [3.05, 3.63) is 60.2 Å². The number of nitrogens with zero attached hydrogens (tertiary/aromatic N) is 1. The first kappa shape index (κ1) is 12.2. The number of para-hydroxylation sites is 1. The molecule has 0 spiro atoms. The van der Waals surface area contributed by atoms with Crippen LogP contribution in [0, 0.1) is 0 Å². The van der Waals surface area contributed by atoms with Gasteiger partial charge >= 0.3 is 0 Å². The summed E-state index contributed by atoms with van der Waals surface area (Å²) in [6.07, 6.45) is 0. The van der Waals surface area contributed by atoms with Crippen LogP contribution in [0.4, 0.5) is 5.69 Å². The van der Waals surface area contributed by atoms with Gasteiger partial charge in [-0.15, -0.1) is 0 Å². The van der Waals surface area contributed by atoms with Gasteiger partial charge in [-0.1, -0.05) is 18.2 Å². The third-order valence-electron chi connectivity index (χ3n) is 2.74. The molecule has 0 unspecified atom stereocenters. The number of rotatable bonds is 3. The second kappa shape index (κ2) is 5.36. The summed E-state index contributed by atoms with van der Waals surface area (Å²) < 4.78 is 0. The molecule has 0 bridgehead atoms. The predicted molar refractivity (Wildman–Crippen MR) is 71.9 cm³/mol. The Bertz CT molecular complexity index is 520. The van der Waals surface area contributed by atoms with Crippen LogP contribution in [0.5, 0.6) is 5.75 Å². The number of phenolic OH excluding ortho intramolecular Hbond substituents is 1. The monoisotopic (exact) mass is 241 g/mol. The normalized spacial score (nSPS) is 10.1. The van der Waals surface area contributed by atoms with E-state index in [9.17, 15) is 9.90 Å². The maximum absolute atomic E-state index is 12.3. The number of anilines is 1. The SMILES string of the molecule is CCN(C(=O)c1ccc(O)cc1)c1ccccc1. The molecule has 0 atom stereocenters. The molecule has 0 aromatic heterocycles. The van der Waals surface area contributed by atoms with Gasteiger partial charge < -0.3 is 10.0 Å². The van der Waals surface area contributed by atoms with Crippen LogP contribution in [0.3, 0.4) is 0 Å². The fraction of sp³-hybridized carbons (Fsp3) is 0.133. The van der Waals surface area contributed by atoms with Gasteiger partial charge in [0.05, 0.1) is 0 Å². The molecule has 0 saturated carbocycles. The van der Waals surface area contributed by atoms with Gasteiger partial charge in [0.1, 0.15) is 5.75 Å². The number of benzene rings is 2. The van der Waals surface area contributed by atoms with E-state index in [1.165, 1.54) is 12.1 Å². The van der Waals surface area contributed by atoms with E-state index in [0.717, 1.165) is 5.69 Å². The van der Waals surface area contributed by atoms with Crippen molar-refractivity contribution in [2.45, 2.75) is 6.92 Å². The van der Waals surface area contributed by atoms with Crippen LogP contribution in [-0.4, -0.2) is 17.6 Å². The Hall–Kier alpha value is -2.29. The van der Waals surface area contributed by atoms with Crippen LogP contribution in [0.25, 0.3) is 0 Å². The van der Waals surface area contributed by atoms with Crippen molar-refractivity contribution >= 4 is 11.6 Å². The van der Waals surface area contributed by atoms with E-state index in [0.29, 0.717) is 12.1 Å². The van der Waals surface area contributed by atoms with E-state index in [-0.39, 0.29) is 11.7 Å². The zero-order valence-corrected chi connectivity index (χ0v) is 10.2. The minimum absolute atomic E-state index is 0.0660. The van der Waals surface area contributed by atoms with Crippen molar-refractivity contribution in [2.75, 3.05) is 11.4 Å². The lowest BCUT2D eigenvalue weighted by Gasteiger charge is -2.21. The van der Waals surface area contributed by atoms with Crippen LogP contribution in [0.15, 0.2) is 54.6 Å². The van der Waals surface area contributed by atoms with E-state index >= 15 is 0 Å². The van der Waals surface area contributed by atoms with E-state index < -0.39 is 0 Å². The molecule has 18 heavy (non-hydrogen) atoms. The summed E-state index contributed by atoms with van der Waals surface area (Å²) in [5, 5.41) is 9.23. The summed E-state index contributed by atoms with van der Waals surface area (Å²) in [5.74, 6) is 0.0954. The number of amides is 1. The number of carbonyl (C=O) groups excluding carboxylic acids is 1. The van der Waals surface area contributed by atoms with Gasteiger partial charge in [0.25, 0.3) is 5.91 Å². The lowest BCUT2D eigenvalue weighted by Crippen LogP contribution is -2.30. The predicted octanol–water partition coefficient (Wildman–Crippen LogP) is 3.06. The Morgan fingerprint density at radius 1 is 1.06 bits per heavy atom. The van der Waals surface area contributed by atoms with Gasteiger partial charge in [0, 0.05) is 17.8 Å². The summed E-state index contributed by atoms with van der Waals surface area (Å²) in [6, 6.07) is 15.8. The molecular weight excluding hydrogens is 226 g/mol. The average Bonchev–Trinajstić information content (AvgIpc) is 2.41. The largest absolute Gasteiger partial charge is 0.508 e. The molecule has 2 rings (SSSR count). The maximum atomic E-state index is 12.3. The van der Waals surface area contributed by atoms with Crippen LogP contribution in [0.2, 0.25) is 0 Å². The van der Waals surface area contributed by atoms with E-state index in [1.54, 1.807) is 17.0 Å². The Morgan fingerprint density at radius 2 is 1.67 bits per heavy atom. The van der Waals surface area contributed by atoms with Gasteiger partial charge in [-0.3, -0.25) is 4.79 Å². The Kier molecular flexibility index (Phi) is 3.63. The van der Waals surface area contributed by atoms with Crippen LogP contribution < -0.4 is 4.90 Å². The van der Waals surface area contributed by atoms with Gasteiger partial charge in [-0.25, -0.2) is 0 Å². The first-order valence-electron chi connectivity index (χ1n) is 5.88. The molecule has 92 valence electrons. The number of hydrogen-bond acceptors (Lipinski definition) is 2. The zero-order chi connectivity index (χ0) is 13.0. The summed E-state index contributed by atoms with van der Waals surface area (Å²) >= 11 is 0. The summed E-state index contributed by atoms with van der Waals surface area (Å²) in [5.41, 5.74) is 1.44. The summed E-state index contributed by atoms with van der Waals surface area (Å²) in [7, 11) is 0. The average molecular weight is 241 g/mol. The van der Waals surface area contributed by atoms with Gasteiger partial charge in [-0.2, -0.15) is 0 Å². The first-order valence-corrected chi connectivity index (χ1v) is 5.88. The van der Waals surface area contributed by atoms with E-state index in [4.69, 9.17) is 0 Å². The minimum atomic E-state index is -0.0660. The van der Waals surface area contributed by atoms with Gasteiger partial charge in [0.2, 0.25) is 0 Å². The Balaban J connectivity index is 2.28. The smallest absolute Gasteiger partial charge is 0.258 e. The zero-order valence-electron chi connectivity index (χ0n) is 10.2. The van der Waals surface area contributed by atoms with Crippen molar-refractivity contribution < 1.29 is 9.90 Å². The summed E-state index contributed by atoms with van der Waals surface area (Å²) in [6.45, 7) is 2.54. The highest BCUT2D eigenvalue weighted by molar-refractivity contribution is 6.06. The highest BCUT2D eigenvalue weighted by atomic mass is 16.3. The van der Waals surface area contributed by atoms with Crippen molar-refractivity contribution in [3.8, 4) is 5.75 Å². The van der Waals surface area contributed by atoms with Crippen LogP contribution >= 0.6 is 0 Å². The molecule has 3 heteroatoms. The van der Waals surface area contributed by atoms with Crippen molar-refractivity contribution in [1.82, 2.24) is 0 Å². The number of phenols is 1. The van der Waals surface area contributed by atoms with Gasteiger partial charge in [0.15, 0.2) is 0 Å². The molecule has 0 radical (unpaired) electrons. The highest BCUT2D eigenvalue weighted by Gasteiger charge is 2.15. The fourth-order valence-corrected chi connectivity index (χ4v) is 1.81. The van der Waals surface area contributed by atoms with Crippen molar-refractivity contribution in [1.29, 1.82) is 0 Å². The van der Waals surface area contributed by atoms with Crippen molar-refractivity contribution in [3.63, 3.8) is 0 Å². The molecule has 0 heterocycles. The van der Waals surface area contributed by atoms with Gasteiger partial charge in [-0.05, 0) is 43.3 Å². The minimum Gasteiger partial charge on any atom is -0.508 e. The molecule has 0 aliphatic heterocycles. The quantitative estimate of drug-likeness (QED) is 0.897. The Morgan fingerprint density at radius 3 is 2.22 bits per heavy atom. The fourth-order valence-electron chi connectivity index (χ4n) is 1.81. The van der Waals surface area contributed by atoms with E-state index in [2.05, 4.69) is 0 Å². The first-order chi connectivity index (χ1) is 8.72. The molecular formula is C15H15NO2.